The number of hydrogen-bond acceptors (Lipinski definition) is 3. The topological polar surface area (TPSA) is 60.2 Å². The van der Waals surface area contributed by atoms with Gasteiger partial charge in [-0.2, -0.15) is 13.2 Å². The lowest BCUT2D eigenvalue weighted by Gasteiger charge is -2.10. The van der Waals surface area contributed by atoms with Gasteiger partial charge in [0.2, 0.25) is 5.88 Å². The summed E-state index contributed by atoms with van der Waals surface area (Å²) in [6.07, 6.45) is -4.53. The van der Waals surface area contributed by atoms with E-state index >= 15 is 0 Å². The predicted octanol–water partition coefficient (Wildman–Crippen LogP) is 4.20. The van der Waals surface area contributed by atoms with Gasteiger partial charge in [0.15, 0.2) is 5.11 Å². The number of benzene rings is 1. The average Bonchev–Trinajstić information content (AvgIpc) is 2.39. The van der Waals surface area contributed by atoms with E-state index < -0.39 is 11.7 Å². The Balaban J connectivity index is 2.20. The Labute approximate surface area is 134 Å². The Morgan fingerprint density at radius 2 is 1.86 bits per heavy atom. The van der Waals surface area contributed by atoms with E-state index in [9.17, 15) is 13.2 Å². The fourth-order valence-corrected chi connectivity index (χ4v) is 1.88. The molecule has 116 valence electrons. The molecule has 0 saturated carbocycles. The number of rotatable bonds is 3. The number of thiocarbonyl (C=S) groups is 1. The maximum Gasteiger partial charge on any atom is 0.416 e. The third-order valence-electron chi connectivity index (χ3n) is 2.44. The number of nitrogens with one attached hydrogen (secondary N) is 1. The van der Waals surface area contributed by atoms with E-state index in [1.165, 1.54) is 12.1 Å². The molecule has 3 N–H and O–H groups in total. The van der Waals surface area contributed by atoms with Crippen molar-refractivity contribution in [2.24, 2.45) is 5.73 Å². The highest BCUT2D eigenvalue weighted by atomic mass is 35.5. The smallest absolute Gasteiger partial charge is 0.416 e. The van der Waals surface area contributed by atoms with Gasteiger partial charge in [0.05, 0.1) is 5.56 Å². The summed E-state index contributed by atoms with van der Waals surface area (Å²) in [4.78, 5) is 3.70. The van der Waals surface area contributed by atoms with Gasteiger partial charge in [-0.1, -0.05) is 11.6 Å². The average molecular weight is 348 g/mol. The number of aromatic nitrogens is 1. The Morgan fingerprint density at radius 3 is 2.41 bits per heavy atom. The molecule has 0 amide bonds. The standard InChI is InChI=1S/C13H9ClF3N3OS/c14-10-5-7(13(15,16)17)6-11(20-10)21-9-3-1-8(2-4-9)19-12(18)22/h1-6H,(H3,18,19,22). The number of alkyl halides is 3. The number of nitrogens with two attached hydrogens (primary N) is 1. The minimum absolute atomic E-state index is 0.0972. The van der Waals surface area contributed by atoms with Gasteiger partial charge in [-0.05, 0) is 42.5 Å². The fraction of sp³-hybridized carbons (Fsp3) is 0.0769. The second-order valence-corrected chi connectivity index (χ2v) is 4.96. The van der Waals surface area contributed by atoms with E-state index in [4.69, 9.17) is 22.1 Å². The van der Waals surface area contributed by atoms with Crippen molar-refractivity contribution in [3.63, 3.8) is 0 Å². The summed E-state index contributed by atoms with van der Waals surface area (Å²) in [6.45, 7) is 0. The van der Waals surface area contributed by atoms with Crippen molar-refractivity contribution in [3.05, 3.63) is 47.1 Å². The summed E-state index contributed by atoms with van der Waals surface area (Å²) in [5.74, 6) is 0.0336. The molecule has 0 aliphatic carbocycles. The van der Waals surface area contributed by atoms with Crippen LogP contribution in [0, 0.1) is 0 Å². The van der Waals surface area contributed by atoms with Crippen LogP contribution in [0.3, 0.4) is 0 Å². The van der Waals surface area contributed by atoms with Crippen LogP contribution in [0.25, 0.3) is 0 Å². The molecule has 0 spiro atoms. The first-order valence-electron chi connectivity index (χ1n) is 5.83. The molecular formula is C13H9ClF3N3OS. The molecule has 9 heteroatoms. The Morgan fingerprint density at radius 1 is 1.23 bits per heavy atom. The van der Waals surface area contributed by atoms with Crippen LogP contribution in [0.2, 0.25) is 5.15 Å². The normalized spacial score (nSPS) is 11.1. The molecule has 1 aromatic carbocycles. The van der Waals surface area contributed by atoms with Crippen molar-refractivity contribution in [1.29, 1.82) is 0 Å². The molecule has 2 rings (SSSR count). The lowest BCUT2D eigenvalue weighted by atomic mass is 10.2. The quantitative estimate of drug-likeness (QED) is 0.643. The van der Waals surface area contributed by atoms with Crippen molar-refractivity contribution in [1.82, 2.24) is 4.98 Å². The minimum atomic E-state index is -4.53. The molecule has 0 radical (unpaired) electrons. The fourth-order valence-electron chi connectivity index (χ4n) is 1.56. The van der Waals surface area contributed by atoms with Crippen LogP contribution in [0.5, 0.6) is 11.6 Å². The van der Waals surface area contributed by atoms with Gasteiger partial charge in [0.1, 0.15) is 10.9 Å². The van der Waals surface area contributed by atoms with Crippen molar-refractivity contribution >= 4 is 34.6 Å². The van der Waals surface area contributed by atoms with Gasteiger partial charge in [-0.15, -0.1) is 0 Å². The molecule has 0 aliphatic rings. The highest BCUT2D eigenvalue weighted by Gasteiger charge is 2.31. The number of anilines is 1. The molecule has 0 fully saturated rings. The number of halogens is 4. The summed E-state index contributed by atoms with van der Waals surface area (Å²) in [7, 11) is 0. The van der Waals surface area contributed by atoms with Crippen molar-refractivity contribution in [2.45, 2.75) is 6.18 Å². The first kappa shape index (κ1) is 16.3. The van der Waals surface area contributed by atoms with Gasteiger partial charge in [0, 0.05) is 11.8 Å². The second kappa shape index (κ2) is 6.37. The lowest BCUT2D eigenvalue weighted by Crippen LogP contribution is -2.18. The van der Waals surface area contributed by atoms with E-state index in [2.05, 4.69) is 22.5 Å². The van der Waals surface area contributed by atoms with Crippen LogP contribution in [0.15, 0.2) is 36.4 Å². The maximum absolute atomic E-state index is 12.7. The van der Waals surface area contributed by atoms with E-state index in [0.717, 1.165) is 12.1 Å². The lowest BCUT2D eigenvalue weighted by molar-refractivity contribution is -0.137. The molecule has 0 aliphatic heterocycles. The van der Waals surface area contributed by atoms with Crippen molar-refractivity contribution in [2.75, 3.05) is 5.32 Å². The molecule has 1 aromatic heterocycles. The molecule has 22 heavy (non-hydrogen) atoms. The van der Waals surface area contributed by atoms with Crippen molar-refractivity contribution in [3.8, 4) is 11.6 Å². The molecule has 4 nitrogen and oxygen atoms in total. The van der Waals surface area contributed by atoms with Crippen LogP contribution in [-0.2, 0) is 6.18 Å². The highest BCUT2D eigenvalue weighted by Crippen LogP contribution is 2.33. The third-order valence-corrected chi connectivity index (χ3v) is 2.74. The van der Waals surface area contributed by atoms with Crippen LogP contribution in [-0.4, -0.2) is 10.1 Å². The summed E-state index contributed by atoms with van der Waals surface area (Å²) >= 11 is 10.3. The van der Waals surface area contributed by atoms with Gasteiger partial charge < -0.3 is 15.8 Å². The molecule has 0 atom stereocenters. The predicted molar refractivity (Wildman–Crippen MR) is 81.2 cm³/mol. The largest absolute Gasteiger partial charge is 0.439 e. The Hall–Kier alpha value is -2.06. The summed E-state index contributed by atoms with van der Waals surface area (Å²) < 4.78 is 43.3. The zero-order valence-corrected chi connectivity index (χ0v) is 12.4. The summed E-state index contributed by atoms with van der Waals surface area (Å²) in [5, 5.41) is 2.49. The first-order chi connectivity index (χ1) is 10.2. The van der Waals surface area contributed by atoms with Gasteiger partial charge in [-0.3, -0.25) is 0 Å². The van der Waals surface area contributed by atoms with Crippen LogP contribution >= 0.6 is 23.8 Å². The van der Waals surface area contributed by atoms with E-state index in [0.29, 0.717) is 5.69 Å². The van der Waals surface area contributed by atoms with E-state index in [1.54, 1.807) is 12.1 Å². The molecule has 1 heterocycles. The van der Waals surface area contributed by atoms with Crippen molar-refractivity contribution < 1.29 is 17.9 Å². The number of hydrogen-bond donors (Lipinski definition) is 2. The summed E-state index contributed by atoms with van der Waals surface area (Å²) in [6, 6.07) is 7.75. The van der Waals surface area contributed by atoms with Crippen LogP contribution in [0.4, 0.5) is 18.9 Å². The van der Waals surface area contributed by atoms with Crippen LogP contribution < -0.4 is 15.8 Å². The van der Waals surface area contributed by atoms with Gasteiger partial charge in [-0.25, -0.2) is 4.98 Å². The number of ether oxygens (including phenoxy) is 1. The van der Waals surface area contributed by atoms with Gasteiger partial charge >= 0.3 is 6.18 Å². The zero-order valence-electron chi connectivity index (χ0n) is 10.8. The Kier molecular flexibility index (Phi) is 4.72. The first-order valence-corrected chi connectivity index (χ1v) is 6.62. The highest BCUT2D eigenvalue weighted by molar-refractivity contribution is 7.80. The maximum atomic E-state index is 12.7. The molecule has 0 bridgehead atoms. The third kappa shape index (κ3) is 4.47. The molecule has 0 unspecified atom stereocenters. The zero-order chi connectivity index (χ0) is 16.3. The van der Waals surface area contributed by atoms with Gasteiger partial charge in [0.25, 0.3) is 0 Å². The monoisotopic (exact) mass is 347 g/mol. The van der Waals surface area contributed by atoms with Crippen LogP contribution in [0.1, 0.15) is 5.56 Å². The van der Waals surface area contributed by atoms with E-state index in [1.807, 2.05) is 0 Å². The number of pyridine rings is 1. The van der Waals surface area contributed by atoms with E-state index in [-0.39, 0.29) is 21.9 Å². The SMILES string of the molecule is NC(=S)Nc1ccc(Oc2cc(C(F)(F)F)cc(Cl)n2)cc1. The molecule has 2 aromatic rings. The summed E-state index contributed by atoms with van der Waals surface area (Å²) in [5.41, 5.74) is 5.00. The molecular weight excluding hydrogens is 339 g/mol. The minimum Gasteiger partial charge on any atom is -0.439 e. The Bertz CT molecular complexity index is 692. The number of nitrogens with zero attached hydrogens (tertiary/aromatic N) is 1. The molecule has 0 saturated heterocycles. The second-order valence-electron chi connectivity index (χ2n) is 4.13.